The van der Waals surface area contributed by atoms with Gasteiger partial charge in [-0.05, 0) is 81.2 Å². The monoisotopic (exact) mass is 837 g/mol. The molecule has 5 aliphatic rings. The quantitative estimate of drug-likeness (QED) is 0.119. The molecule has 4 aliphatic heterocycles. The molecule has 0 radical (unpaired) electrons. The number of rotatable bonds is 3. The Balaban J connectivity index is 0.000000174. The lowest BCUT2D eigenvalue weighted by Gasteiger charge is -2.50. The Hall–Kier alpha value is -5.90. The number of likely N-dealkylation sites (tertiary alicyclic amines) is 1. The largest absolute Gasteiger partial charge is 0.394 e. The smallest absolute Gasteiger partial charge is 0.317 e. The SMILES string of the molecule is CN1c2ccc(F)cc2C(=O)CC12CCN(C(=O)NCc1ccc(F)c(N)c1F)CC2.CN1c2ccc(F)cc2C(=O)CC12CCNCC2.NCC1=C(F)C(N)=C(F)C=[C+]1. The fraction of sp³-hybridized carbons (Fsp3) is 0.372. The average molecular weight is 838 g/mol. The first-order valence-corrected chi connectivity index (χ1v) is 19.4. The summed E-state index contributed by atoms with van der Waals surface area (Å²) in [4.78, 5) is 43.3. The number of nitrogens with two attached hydrogens (primary N) is 3. The van der Waals surface area contributed by atoms with Crippen LogP contribution in [0, 0.1) is 29.3 Å². The molecule has 2 spiro atoms. The second-order valence-electron chi connectivity index (χ2n) is 15.5. The topological polar surface area (TPSA) is 163 Å². The van der Waals surface area contributed by atoms with Crippen molar-refractivity contribution >= 4 is 34.7 Å². The molecule has 11 nitrogen and oxygen atoms in total. The van der Waals surface area contributed by atoms with Gasteiger partial charge in [-0.3, -0.25) is 9.59 Å². The Kier molecular flexibility index (Phi) is 12.9. The molecule has 0 aromatic heterocycles. The number of hydrogen-bond acceptors (Lipinski definition) is 9. The van der Waals surface area contributed by atoms with E-state index in [4.69, 9.17) is 17.2 Å². The Morgan fingerprint density at radius 2 is 1.33 bits per heavy atom. The van der Waals surface area contributed by atoms with Crippen LogP contribution >= 0.6 is 0 Å². The molecule has 2 saturated heterocycles. The van der Waals surface area contributed by atoms with Gasteiger partial charge in [0.05, 0.1) is 18.2 Å². The minimum absolute atomic E-state index is 0.0314. The fourth-order valence-corrected chi connectivity index (χ4v) is 8.37. The van der Waals surface area contributed by atoms with Gasteiger partial charge in [0.25, 0.3) is 11.7 Å². The summed E-state index contributed by atoms with van der Waals surface area (Å²) in [5, 5.41) is 5.96. The maximum absolute atomic E-state index is 14.0. The highest BCUT2D eigenvalue weighted by Gasteiger charge is 2.46. The van der Waals surface area contributed by atoms with Crippen molar-refractivity contribution in [1.29, 1.82) is 0 Å². The van der Waals surface area contributed by atoms with Crippen molar-refractivity contribution in [2.45, 2.75) is 56.1 Å². The highest BCUT2D eigenvalue weighted by Crippen LogP contribution is 2.43. The van der Waals surface area contributed by atoms with Gasteiger partial charge < -0.3 is 42.5 Å². The summed E-state index contributed by atoms with van der Waals surface area (Å²) in [6.45, 7) is 2.55. The molecular formula is C43H47F6N8O3+. The number of piperidine rings is 2. The number of amides is 2. The lowest BCUT2D eigenvalue weighted by Crippen LogP contribution is -2.59. The predicted octanol–water partition coefficient (Wildman–Crippen LogP) is 6.11. The number of anilines is 3. The molecule has 0 atom stereocenters. The van der Waals surface area contributed by atoms with Crippen molar-refractivity contribution in [2.24, 2.45) is 11.5 Å². The Labute approximate surface area is 343 Å². The van der Waals surface area contributed by atoms with Gasteiger partial charge in [0.2, 0.25) is 5.70 Å². The molecule has 60 heavy (non-hydrogen) atoms. The normalized spacial score (nSPS) is 18.9. The number of carbonyl (C=O) groups is 3. The first-order valence-electron chi connectivity index (χ1n) is 19.4. The summed E-state index contributed by atoms with van der Waals surface area (Å²) in [6.07, 6.45) is 7.14. The molecule has 0 saturated carbocycles. The lowest BCUT2D eigenvalue weighted by molar-refractivity contribution is 0.0887. The van der Waals surface area contributed by atoms with E-state index in [1.165, 1.54) is 30.3 Å². The maximum atomic E-state index is 14.0. The molecule has 8 rings (SSSR count). The molecule has 3 aromatic carbocycles. The number of halogens is 6. The van der Waals surface area contributed by atoms with Crippen LogP contribution in [0.15, 0.2) is 77.5 Å². The number of urea groups is 1. The number of carbonyl (C=O) groups excluding carboxylic acids is 3. The van der Waals surface area contributed by atoms with Crippen molar-refractivity contribution in [3.63, 3.8) is 0 Å². The first-order chi connectivity index (χ1) is 28.5. The number of benzene rings is 3. The third kappa shape index (κ3) is 8.69. The zero-order valence-corrected chi connectivity index (χ0v) is 33.2. The first kappa shape index (κ1) is 43.7. The summed E-state index contributed by atoms with van der Waals surface area (Å²) in [5.41, 5.74) is 16.6. The van der Waals surface area contributed by atoms with Crippen LogP contribution in [-0.4, -0.2) is 80.4 Å². The van der Waals surface area contributed by atoms with Gasteiger partial charge in [0.1, 0.15) is 29.2 Å². The van der Waals surface area contributed by atoms with Gasteiger partial charge in [-0.1, -0.05) is 6.07 Å². The molecule has 8 N–H and O–H groups in total. The van der Waals surface area contributed by atoms with Crippen LogP contribution in [0.4, 0.5) is 48.2 Å². The van der Waals surface area contributed by atoms with E-state index in [1.807, 2.05) is 19.0 Å². The van der Waals surface area contributed by atoms with Crippen LogP contribution in [0.25, 0.3) is 0 Å². The number of Topliss-reactive ketones (excluding diaryl/α,β-unsaturated/α-hetero) is 2. The van der Waals surface area contributed by atoms with Gasteiger partial charge in [-0.15, -0.1) is 8.78 Å². The number of hydrogen-bond donors (Lipinski definition) is 5. The fourth-order valence-electron chi connectivity index (χ4n) is 8.37. The molecular weight excluding hydrogens is 791 g/mol. The third-order valence-electron chi connectivity index (χ3n) is 12.1. The molecule has 2 amide bonds. The van der Waals surface area contributed by atoms with Gasteiger partial charge in [0, 0.05) is 80.2 Å². The van der Waals surface area contributed by atoms with Crippen molar-refractivity contribution in [3.8, 4) is 0 Å². The van der Waals surface area contributed by atoms with Crippen LogP contribution < -0.4 is 37.6 Å². The number of ketones is 2. The molecule has 0 unspecified atom stereocenters. The van der Waals surface area contributed by atoms with E-state index < -0.39 is 46.0 Å². The summed E-state index contributed by atoms with van der Waals surface area (Å²) in [6, 6.07) is 10.7. The van der Waals surface area contributed by atoms with E-state index in [0.29, 0.717) is 49.2 Å². The number of allylic oxidation sites excluding steroid dienone is 3. The van der Waals surface area contributed by atoms with Crippen LogP contribution in [0.2, 0.25) is 0 Å². The molecule has 1 aliphatic carbocycles. The van der Waals surface area contributed by atoms with E-state index in [9.17, 15) is 40.7 Å². The molecule has 17 heteroatoms. The van der Waals surface area contributed by atoms with Gasteiger partial charge in [0.15, 0.2) is 23.0 Å². The average Bonchev–Trinajstić information content (AvgIpc) is 3.24. The van der Waals surface area contributed by atoms with Crippen molar-refractivity contribution in [2.75, 3.05) is 62.4 Å². The Morgan fingerprint density at radius 1 is 0.800 bits per heavy atom. The third-order valence-corrected chi connectivity index (χ3v) is 12.1. The van der Waals surface area contributed by atoms with Crippen LogP contribution in [0.3, 0.4) is 0 Å². The number of nitrogens with zero attached hydrogens (tertiary/aromatic N) is 3. The molecule has 3 aromatic rings. The van der Waals surface area contributed by atoms with Crippen LogP contribution in [-0.2, 0) is 6.54 Å². The van der Waals surface area contributed by atoms with E-state index in [1.54, 1.807) is 17.0 Å². The van der Waals surface area contributed by atoms with E-state index in [0.717, 1.165) is 43.8 Å². The number of nitrogen functional groups attached to an aromatic ring is 1. The summed E-state index contributed by atoms with van der Waals surface area (Å²) in [7, 11) is 3.91. The molecule has 318 valence electrons. The Morgan fingerprint density at radius 3 is 1.87 bits per heavy atom. The van der Waals surface area contributed by atoms with E-state index in [2.05, 4.69) is 21.6 Å². The van der Waals surface area contributed by atoms with Crippen LogP contribution in [0.5, 0.6) is 0 Å². The minimum Gasteiger partial charge on any atom is -0.394 e. The van der Waals surface area contributed by atoms with Gasteiger partial charge >= 0.3 is 6.03 Å². The zero-order valence-electron chi connectivity index (χ0n) is 33.2. The van der Waals surface area contributed by atoms with Gasteiger partial charge in [-0.25, -0.2) is 22.4 Å². The predicted molar refractivity (Wildman–Crippen MR) is 216 cm³/mol. The maximum Gasteiger partial charge on any atom is 0.317 e. The van der Waals surface area contributed by atoms with Crippen molar-refractivity contribution in [1.82, 2.24) is 15.5 Å². The Bertz CT molecular complexity index is 2270. The molecule has 4 heterocycles. The van der Waals surface area contributed by atoms with E-state index in [-0.39, 0.29) is 59.6 Å². The summed E-state index contributed by atoms with van der Waals surface area (Å²) in [5.74, 6) is -4.15. The van der Waals surface area contributed by atoms with Crippen LogP contribution in [0.1, 0.15) is 64.8 Å². The van der Waals surface area contributed by atoms with E-state index >= 15 is 0 Å². The zero-order chi connectivity index (χ0) is 43.5. The lowest BCUT2D eigenvalue weighted by atomic mass is 9.77. The summed E-state index contributed by atoms with van der Waals surface area (Å²) < 4.78 is 79.4. The molecule has 0 bridgehead atoms. The standard InChI is InChI=1S/C22H23F3N4O2.C14H17FN2O.C7H7F2N2/c1-28-17-5-3-14(23)10-15(17)18(30)11-22(28)6-8-29(9-7-22)21(31)27-12-13-2-4-16(24)20(26)19(13)25;1-17-12-3-2-10(15)8-11(12)13(18)9-14(17)4-6-16-7-5-14;8-5-2-1-4(3-10)6(9)7(5)11/h2-5,10H,6-9,11-12,26H2,1H3,(H,27,31);2-3,8,16H,4-7,9H2,1H3;2H,3,10-11H2/q;;+1. The second kappa shape index (κ2) is 17.8. The minimum atomic E-state index is -0.879. The highest BCUT2D eigenvalue weighted by molar-refractivity contribution is 6.05. The van der Waals surface area contributed by atoms with Crippen molar-refractivity contribution in [3.05, 3.63) is 124 Å². The summed E-state index contributed by atoms with van der Waals surface area (Å²) >= 11 is 0. The number of nitrogens with one attached hydrogen (secondary N) is 2. The number of fused-ring (bicyclic) bond motifs is 2. The van der Waals surface area contributed by atoms with Crippen molar-refractivity contribution < 1.29 is 40.7 Å². The second-order valence-corrected chi connectivity index (χ2v) is 15.5. The van der Waals surface area contributed by atoms with Gasteiger partial charge in [-0.2, -0.15) is 0 Å². The molecule has 2 fully saturated rings. The highest BCUT2D eigenvalue weighted by atomic mass is 19.2.